The summed E-state index contributed by atoms with van der Waals surface area (Å²) >= 11 is 0. The average molecular weight is 343 g/mol. The molecule has 25 heavy (non-hydrogen) atoms. The second kappa shape index (κ2) is 7.83. The normalized spacial score (nSPS) is 14.0. The van der Waals surface area contributed by atoms with Gasteiger partial charge in [0, 0.05) is 31.3 Å². The van der Waals surface area contributed by atoms with E-state index in [0.29, 0.717) is 31.0 Å². The maximum absolute atomic E-state index is 12.0. The first-order chi connectivity index (χ1) is 12.1. The third-order valence-electron chi connectivity index (χ3n) is 4.01. The molecule has 0 radical (unpaired) electrons. The summed E-state index contributed by atoms with van der Waals surface area (Å²) in [6.07, 6.45) is 2.39. The standard InChI is InChI=1S/C18H21N3O4/c22-16(21-18-19-8-1-9-20-18)6-3-12-2-5-15-13(10-12)11-14(25-15)4-7-17(23)24/h2,5,10-11H,1,3-4,6-9H2,(H,23,24)(H2,19,20,21,22). The second-order valence-electron chi connectivity index (χ2n) is 6.04. The number of carboxylic acid groups (broad SMARTS) is 1. The number of carbonyl (C=O) groups is 2. The minimum atomic E-state index is -0.843. The number of guanidine groups is 1. The van der Waals surface area contributed by atoms with Gasteiger partial charge in [0.05, 0.1) is 6.42 Å². The van der Waals surface area contributed by atoms with E-state index in [1.807, 2.05) is 24.3 Å². The SMILES string of the molecule is O=C(O)CCc1cc2cc(CCC(=O)NC3=NCCCN3)ccc2o1. The van der Waals surface area contributed by atoms with Crippen molar-refractivity contribution in [3.05, 3.63) is 35.6 Å². The lowest BCUT2D eigenvalue weighted by atomic mass is 10.1. The quantitative estimate of drug-likeness (QED) is 0.742. The molecule has 1 amide bonds. The number of aliphatic imine (C=N–C) groups is 1. The maximum Gasteiger partial charge on any atom is 0.303 e. The van der Waals surface area contributed by atoms with Gasteiger partial charge >= 0.3 is 5.97 Å². The van der Waals surface area contributed by atoms with E-state index in [1.165, 1.54) is 0 Å². The zero-order valence-corrected chi connectivity index (χ0v) is 13.9. The number of aryl methyl sites for hydroxylation is 2. The van der Waals surface area contributed by atoms with Crippen molar-refractivity contribution in [1.29, 1.82) is 0 Å². The van der Waals surface area contributed by atoms with Gasteiger partial charge in [-0.05, 0) is 36.6 Å². The second-order valence-corrected chi connectivity index (χ2v) is 6.04. The summed E-state index contributed by atoms with van der Waals surface area (Å²) in [6.45, 7) is 1.57. The molecule has 1 aromatic heterocycles. The van der Waals surface area contributed by atoms with Gasteiger partial charge < -0.3 is 14.8 Å². The number of hydrogen-bond donors (Lipinski definition) is 3. The highest BCUT2D eigenvalue weighted by Gasteiger charge is 2.10. The smallest absolute Gasteiger partial charge is 0.303 e. The highest BCUT2D eigenvalue weighted by Crippen LogP contribution is 2.22. The first kappa shape index (κ1) is 17.0. The molecule has 0 spiro atoms. The number of carbonyl (C=O) groups excluding carboxylic acids is 1. The van der Waals surface area contributed by atoms with Crippen LogP contribution in [0.2, 0.25) is 0 Å². The van der Waals surface area contributed by atoms with Crippen LogP contribution >= 0.6 is 0 Å². The fourth-order valence-electron chi connectivity index (χ4n) is 2.73. The Morgan fingerprint density at radius 3 is 2.88 bits per heavy atom. The number of nitrogens with zero attached hydrogens (tertiary/aromatic N) is 1. The number of fused-ring (bicyclic) bond motifs is 1. The van der Waals surface area contributed by atoms with Crippen molar-refractivity contribution in [3.8, 4) is 0 Å². The lowest BCUT2D eigenvalue weighted by molar-refractivity contribution is -0.137. The van der Waals surface area contributed by atoms with Gasteiger partial charge in [-0.1, -0.05) is 6.07 Å². The molecule has 0 saturated carbocycles. The van der Waals surface area contributed by atoms with Crippen molar-refractivity contribution in [1.82, 2.24) is 10.6 Å². The maximum atomic E-state index is 12.0. The first-order valence-corrected chi connectivity index (χ1v) is 8.41. The average Bonchev–Trinajstić information content (AvgIpc) is 3.01. The number of aliphatic carboxylic acids is 1. The zero-order chi connectivity index (χ0) is 17.6. The predicted octanol–water partition coefficient (Wildman–Crippen LogP) is 1.85. The number of rotatable bonds is 6. The van der Waals surface area contributed by atoms with E-state index in [1.54, 1.807) is 0 Å². The van der Waals surface area contributed by atoms with Crippen molar-refractivity contribution in [2.45, 2.75) is 32.1 Å². The Morgan fingerprint density at radius 2 is 2.12 bits per heavy atom. The lowest BCUT2D eigenvalue weighted by Gasteiger charge is -2.14. The van der Waals surface area contributed by atoms with Gasteiger partial charge in [-0.25, -0.2) is 0 Å². The summed E-state index contributed by atoms with van der Waals surface area (Å²) in [5.41, 5.74) is 1.76. The van der Waals surface area contributed by atoms with Crippen molar-refractivity contribution in [2.24, 2.45) is 4.99 Å². The molecule has 7 heteroatoms. The summed E-state index contributed by atoms with van der Waals surface area (Å²) in [6, 6.07) is 7.63. The summed E-state index contributed by atoms with van der Waals surface area (Å²) in [7, 11) is 0. The van der Waals surface area contributed by atoms with Crippen molar-refractivity contribution < 1.29 is 19.1 Å². The summed E-state index contributed by atoms with van der Waals surface area (Å²) in [5.74, 6) is 0.310. The monoisotopic (exact) mass is 343 g/mol. The van der Waals surface area contributed by atoms with E-state index in [4.69, 9.17) is 9.52 Å². The van der Waals surface area contributed by atoms with E-state index >= 15 is 0 Å². The molecule has 1 aliphatic rings. The topological polar surface area (TPSA) is 104 Å². The molecule has 1 aromatic carbocycles. The molecule has 7 nitrogen and oxygen atoms in total. The van der Waals surface area contributed by atoms with Crippen LogP contribution in [-0.4, -0.2) is 36.0 Å². The Kier molecular flexibility index (Phi) is 5.33. The lowest BCUT2D eigenvalue weighted by Crippen LogP contribution is -2.43. The third kappa shape index (κ3) is 4.82. The van der Waals surface area contributed by atoms with E-state index in [2.05, 4.69) is 15.6 Å². The molecule has 1 aliphatic heterocycles. The van der Waals surface area contributed by atoms with E-state index in [0.717, 1.165) is 36.0 Å². The molecular weight excluding hydrogens is 322 g/mol. The van der Waals surface area contributed by atoms with Crippen LogP contribution in [0.5, 0.6) is 0 Å². The van der Waals surface area contributed by atoms with Crippen LogP contribution in [0, 0.1) is 0 Å². The van der Waals surface area contributed by atoms with Gasteiger partial charge in [-0.2, -0.15) is 0 Å². The minimum absolute atomic E-state index is 0.0464. The Morgan fingerprint density at radius 1 is 1.24 bits per heavy atom. The first-order valence-electron chi connectivity index (χ1n) is 8.41. The van der Waals surface area contributed by atoms with E-state index < -0.39 is 5.97 Å². The number of furan rings is 1. The minimum Gasteiger partial charge on any atom is -0.481 e. The fraction of sp³-hybridized carbons (Fsp3) is 0.389. The molecular formula is C18H21N3O4. The van der Waals surface area contributed by atoms with Crippen LogP contribution in [0.25, 0.3) is 11.0 Å². The van der Waals surface area contributed by atoms with Gasteiger partial charge in [-0.15, -0.1) is 0 Å². The summed E-state index contributed by atoms with van der Waals surface area (Å²) < 4.78 is 5.63. The van der Waals surface area contributed by atoms with Gasteiger partial charge in [0.25, 0.3) is 0 Å². The third-order valence-corrected chi connectivity index (χ3v) is 4.01. The van der Waals surface area contributed by atoms with Crippen LogP contribution in [0.1, 0.15) is 30.6 Å². The van der Waals surface area contributed by atoms with Gasteiger partial charge in [-0.3, -0.25) is 19.9 Å². The molecule has 2 heterocycles. The van der Waals surface area contributed by atoms with E-state index in [-0.39, 0.29) is 12.3 Å². The summed E-state index contributed by atoms with van der Waals surface area (Å²) in [5, 5.41) is 15.5. The molecule has 0 aliphatic carbocycles. The van der Waals surface area contributed by atoms with Crippen LogP contribution in [0.4, 0.5) is 0 Å². The van der Waals surface area contributed by atoms with Gasteiger partial charge in [0.15, 0.2) is 5.96 Å². The van der Waals surface area contributed by atoms with Gasteiger partial charge in [0.1, 0.15) is 11.3 Å². The van der Waals surface area contributed by atoms with Gasteiger partial charge in [0.2, 0.25) is 5.91 Å². The van der Waals surface area contributed by atoms with Crippen molar-refractivity contribution >= 4 is 28.8 Å². The zero-order valence-electron chi connectivity index (χ0n) is 13.9. The largest absolute Gasteiger partial charge is 0.481 e. The Balaban J connectivity index is 1.56. The van der Waals surface area contributed by atoms with Crippen LogP contribution in [-0.2, 0) is 22.4 Å². The highest BCUT2D eigenvalue weighted by atomic mass is 16.4. The molecule has 3 rings (SSSR count). The number of carboxylic acids is 1. The number of hydrogen-bond acceptors (Lipinski definition) is 5. The Labute approximate surface area is 145 Å². The molecule has 2 aromatic rings. The summed E-state index contributed by atoms with van der Waals surface area (Å²) in [4.78, 5) is 26.9. The Bertz CT molecular complexity index is 810. The molecule has 132 valence electrons. The molecule has 0 fully saturated rings. The molecule has 0 atom stereocenters. The Hall–Kier alpha value is -2.83. The predicted molar refractivity (Wildman–Crippen MR) is 93.6 cm³/mol. The van der Waals surface area contributed by atoms with Crippen molar-refractivity contribution in [2.75, 3.05) is 13.1 Å². The van der Waals surface area contributed by atoms with Crippen LogP contribution in [0.3, 0.4) is 0 Å². The van der Waals surface area contributed by atoms with E-state index in [9.17, 15) is 9.59 Å². The number of benzene rings is 1. The number of amides is 1. The highest BCUT2D eigenvalue weighted by molar-refractivity contribution is 5.97. The molecule has 3 N–H and O–H groups in total. The molecule has 0 bridgehead atoms. The molecule has 0 unspecified atom stereocenters. The van der Waals surface area contributed by atoms with Crippen molar-refractivity contribution in [3.63, 3.8) is 0 Å². The van der Waals surface area contributed by atoms with Crippen LogP contribution < -0.4 is 10.6 Å². The van der Waals surface area contributed by atoms with Crippen LogP contribution in [0.15, 0.2) is 33.7 Å². The fourth-order valence-corrected chi connectivity index (χ4v) is 2.73. The molecule has 0 saturated heterocycles. The number of nitrogens with one attached hydrogen (secondary N) is 2.